The Morgan fingerprint density at radius 2 is 1.83 bits per heavy atom. The molecule has 0 bridgehead atoms. The quantitative estimate of drug-likeness (QED) is 0.831. The molecule has 94 valence electrons. The Hall–Kier alpha value is -1.94. The van der Waals surface area contributed by atoms with Gasteiger partial charge in [-0.3, -0.25) is 0 Å². The van der Waals surface area contributed by atoms with Gasteiger partial charge in [0.15, 0.2) is 0 Å². The highest BCUT2D eigenvalue weighted by Crippen LogP contribution is 2.28. The van der Waals surface area contributed by atoms with Gasteiger partial charge in [-0.25, -0.2) is 4.39 Å². The maximum absolute atomic E-state index is 13.3. The summed E-state index contributed by atoms with van der Waals surface area (Å²) in [6.45, 7) is 0. The van der Waals surface area contributed by atoms with Gasteiger partial charge < -0.3 is 15.8 Å². The van der Waals surface area contributed by atoms with Crippen LogP contribution in [0.15, 0.2) is 36.4 Å². The van der Waals surface area contributed by atoms with E-state index in [1.54, 1.807) is 24.3 Å². The van der Waals surface area contributed by atoms with E-state index in [1.807, 2.05) is 0 Å². The summed E-state index contributed by atoms with van der Waals surface area (Å²) in [6, 6.07) is 9.74. The van der Waals surface area contributed by atoms with Crippen molar-refractivity contribution >= 4 is 28.7 Å². The lowest BCUT2D eigenvalue weighted by molar-refractivity contribution is 0.417. The number of hydrogen-bond acceptors (Lipinski definition) is 3. The molecular formula is C13H12ClFN2O. The van der Waals surface area contributed by atoms with Crippen molar-refractivity contribution in [3.8, 4) is 5.75 Å². The Morgan fingerprint density at radius 3 is 2.50 bits per heavy atom. The second kappa shape index (κ2) is 5.14. The van der Waals surface area contributed by atoms with Gasteiger partial charge in [0.05, 0.1) is 17.8 Å². The molecule has 0 aliphatic rings. The Kier molecular flexibility index (Phi) is 3.58. The second-order valence-electron chi connectivity index (χ2n) is 3.71. The molecule has 0 heterocycles. The molecule has 2 aromatic carbocycles. The molecule has 3 nitrogen and oxygen atoms in total. The van der Waals surface area contributed by atoms with Crippen LogP contribution in [0.2, 0.25) is 5.02 Å². The van der Waals surface area contributed by atoms with E-state index >= 15 is 0 Å². The van der Waals surface area contributed by atoms with E-state index in [0.29, 0.717) is 17.1 Å². The average molecular weight is 267 g/mol. The maximum Gasteiger partial charge on any atom is 0.143 e. The van der Waals surface area contributed by atoms with Crippen LogP contribution in [0.5, 0.6) is 5.75 Å². The normalized spacial score (nSPS) is 10.2. The van der Waals surface area contributed by atoms with Gasteiger partial charge in [-0.2, -0.15) is 0 Å². The van der Waals surface area contributed by atoms with E-state index in [0.717, 1.165) is 5.69 Å². The van der Waals surface area contributed by atoms with Gasteiger partial charge in [-0.15, -0.1) is 0 Å². The summed E-state index contributed by atoms with van der Waals surface area (Å²) in [7, 11) is 1.54. The molecule has 0 spiro atoms. The fourth-order valence-corrected chi connectivity index (χ4v) is 1.65. The van der Waals surface area contributed by atoms with Crippen molar-refractivity contribution in [3.05, 3.63) is 47.2 Å². The number of nitrogens with one attached hydrogen (secondary N) is 1. The van der Waals surface area contributed by atoms with Gasteiger partial charge in [0.25, 0.3) is 0 Å². The predicted molar refractivity (Wildman–Crippen MR) is 72.1 cm³/mol. The standard InChI is InChI=1S/C13H12ClFN2O/c1-18-13-7-9(3-5-12(13)16)17-8-2-4-10(14)11(15)6-8/h2-7,17H,16H2,1H3. The highest BCUT2D eigenvalue weighted by molar-refractivity contribution is 6.30. The monoisotopic (exact) mass is 266 g/mol. The molecule has 0 amide bonds. The van der Waals surface area contributed by atoms with Crippen molar-refractivity contribution in [1.82, 2.24) is 0 Å². The van der Waals surface area contributed by atoms with Crippen LogP contribution in [0, 0.1) is 5.82 Å². The van der Waals surface area contributed by atoms with E-state index in [1.165, 1.54) is 19.2 Å². The number of hydrogen-bond donors (Lipinski definition) is 2. The molecule has 18 heavy (non-hydrogen) atoms. The number of halogens is 2. The van der Waals surface area contributed by atoms with Crippen LogP contribution in [0.3, 0.4) is 0 Å². The lowest BCUT2D eigenvalue weighted by Gasteiger charge is -2.10. The zero-order valence-electron chi connectivity index (χ0n) is 9.71. The molecule has 0 aliphatic carbocycles. The first-order chi connectivity index (χ1) is 8.60. The fraction of sp³-hybridized carbons (Fsp3) is 0.0769. The molecule has 0 aliphatic heterocycles. The molecule has 2 rings (SSSR count). The third-order valence-corrected chi connectivity index (χ3v) is 2.75. The largest absolute Gasteiger partial charge is 0.495 e. The molecule has 0 aromatic heterocycles. The van der Waals surface area contributed by atoms with Crippen LogP contribution in [0.1, 0.15) is 0 Å². The van der Waals surface area contributed by atoms with Crippen LogP contribution in [0.4, 0.5) is 21.5 Å². The zero-order valence-corrected chi connectivity index (χ0v) is 10.5. The van der Waals surface area contributed by atoms with Crippen molar-refractivity contribution in [1.29, 1.82) is 0 Å². The maximum atomic E-state index is 13.3. The third kappa shape index (κ3) is 2.65. The van der Waals surface area contributed by atoms with E-state index in [-0.39, 0.29) is 5.02 Å². The van der Waals surface area contributed by atoms with Crippen molar-refractivity contribution in [2.75, 3.05) is 18.2 Å². The lowest BCUT2D eigenvalue weighted by Crippen LogP contribution is -1.95. The minimum Gasteiger partial charge on any atom is -0.495 e. The molecular weight excluding hydrogens is 255 g/mol. The van der Waals surface area contributed by atoms with E-state index in [2.05, 4.69) is 5.32 Å². The Labute approximate surface area is 109 Å². The van der Waals surface area contributed by atoms with E-state index in [9.17, 15) is 4.39 Å². The first kappa shape index (κ1) is 12.5. The topological polar surface area (TPSA) is 47.3 Å². The van der Waals surface area contributed by atoms with Crippen molar-refractivity contribution in [2.24, 2.45) is 0 Å². The van der Waals surface area contributed by atoms with Crippen LogP contribution in [-0.2, 0) is 0 Å². The summed E-state index contributed by atoms with van der Waals surface area (Å²) in [5, 5.41) is 3.13. The van der Waals surface area contributed by atoms with Gasteiger partial charge in [0.1, 0.15) is 11.6 Å². The van der Waals surface area contributed by atoms with Crippen molar-refractivity contribution < 1.29 is 9.13 Å². The molecule has 0 radical (unpaired) electrons. The molecule has 0 saturated heterocycles. The highest BCUT2D eigenvalue weighted by Gasteiger charge is 2.04. The molecule has 0 saturated carbocycles. The molecule has 0 fully saturated rings. The van der Waals surface area contributed by atoms with Crippen molar-refractivity contribution in [3.63, 3.8) is 0 Å². The number of ether oxygens (including phenoxy) is 1. The van der Waals surface area contributed by atoms with Crippen LogP contribution in [0.25, 0.3) is 0 Å². The van der Waals surface area contributed by atoms with Crippen LogP contribution < -0.4 is 15.8 Å². The van der Waals surface area contributed by atoms with Gasteiger partial charge in [-0.1, -0.05) is 11.6 Å². The first-order valence-corrected chi connectivity index (χ1v) is 5.63. The van der Waals surface area contributed by atoms with Crippen molar-refractivity contribution in [2.45, 2.75) is 0 Å². The van der Waals surface area contributed by atoms with E-state index < -0.39 is 5.82 Å². The third-order valence-electron chi connectivity index (χ3n) is 2.44. The summed E-state index contributed by atoms with van der Waals surface area (Å²) < 4.78 is 18.4. The van der Waals surface area contributed by atoms with Gasteiger partial charge in [-0.05, 0) is 30.3 Å². The van der Waals surface area contributed by atoms with E-state index in [4.69, 9.17) is 22.1 Å². The second-order valence-corrected chi connectivity index (χ2v) is 4.12. The van der Waals surface area contributed by atoms with Gasteiger partial charge >= 0.3 is 0 Å². The summed E-state index contributed by atoms with van der Waals surface area (Å²) in [6.07, 6.45) is 0. The minimum absolute atomic E-state index is 0.0930. The summed E-state index contributed by atoms with van der Waals surface area (Å²) >= 11 is 5.61. The first-order valence-electron chi connectivity index (χ1n) is 5.26. The number of benzene rings is 2. The van der Waals surface area contributed by atoms with Gasteiger partial charge in [0, 0.05) is 17.4 Å². The molecule has 3 N–H and O–H groups in total. The Morgan fingerprint density at radius 1 is 1.17 bits per heavy atom. The lowest BCUT2D eigenvalue weighted by atomic mass is 10.2. The predicted octanol–water partition coefficient (Wildman–Crippen LogP) is 3.81. The van der Waals surface area contributed by atoms with Gasteiger partial charge in [0.2, 0.25) is 0 Å². The summed E-state index contributed by atoms with van der Waals surface area (Å²) in [5.41, 5.74) is 7.61. The minimum atomic E-state index is -0.468. The summed E-state index contributed by atoms with van der Waals surface area (Å²) in [4.78, 5) is 0. The zero-order chi connectivity index (χ0) is 13.1. The number of methoxy groups -OCH3 is 1. The smallest absolute Gasteiger partial charge is 0.143 e. The Bertz CT molecular complexity index is 575. The number of anilines is 3. The average Bonchev–Trinajstić information content (AvgIpc) is 2.36. The van der Waals surface area contributed by atoms with Crippen LogP contribution >= 0.6 is 11.6 Å². The fourth-order valence-electron chi connectivity index (χ4n) is 1.53. The number of nitrogen functional groups attached to an aromatic ring is 1. The molecule has 0 unspecified atom stereocenters. The highest BCUT2D eigenvalue weighted by atomic mass is 35.5. The summed E-state index contributed by atoms with van der Waals surface area (Å²) in [5.74, 6) is 0.0958. The Balaban J connectivity index is 2.25. The SMILES string of the molecule is COc1cc(Nc2ccc(Cl)c(F)c2)ccc1N. The molecule has 5 heteroatoms. The number of rotatable bonds is 3. The van der Waals surface area contributed by atoms with Crippen LogP contribution in [-0.4, -0.2) is 7.11 Å². The number of nitrogens with two attached hydrogens (primary N) is 1. The molecule has 2 aromatic rings. The molecule has 0 atom stereocenters.